The number of benzene rings is 2. The Morgan fingerprint density at radius 1 is 1.24 bits per heavy atom. The zero-order valence-electron chi connectivity index (χ0n) is 11.5. The van der Waals surface area contributed by atoms with Gasteiger partial charge in [0.15, 0.2) is 0 Å². The number of hydrogen-bond acceptors (Lipinski definition) is 2. The molecule has 2 aromatic rings. The molecule has 0 fully saturated rings. The van der Waals surface area contributed by atoms with Crippen molar-refractivity contribution in [3.63, 3.8) is 0 Å². The number of aliphatic hydroxyl groups excluding tert-OH is 1. The summed E-state index contributed by atoms with van der Waals surface area (Å²) in [4.78, 5) is 0. The molecule has 0 aliphatic rings. The van der Waals surface area contributed by atoms with E-state index in [0.717, 1.165) is 5.56 Å². The Balaban J connectivity index is 2.09. The van der Waals surface area contributed by atoms with Crippen molar-refractivity contribution in [2.24, 2.45) is 0 Å². The van der Waals surface area contributed by atoms with E-state index in [2.05, 4.69) is 11.8 Å². The zero-order valence-corrected chi connectivity index (χ0v) is 12.2. The summed E-state index contributed by atoms with van der Waals surface area (Å²) >= 11 is 6.06. The zero-order chi connectivity index (χ0) is 15.2. The molecule has 0 aromatic heterocycles. The van der Waals surface area contributed by atoms with Crippen molar-refractivity contribution in [1.82, 2.24) is 0 Å². The normalized spacial score (nSPS) is 9.90. The smallest absolute Gasteiger partial charge is 0.138 e. The van der Waals surface area contributed by atoms with E-state index in [0.29, 0.717) is 21.9 Å². The molecule has 2 nitrogen and oxygen atoms in total. The van der Waals surface area contributed by atoms with Gasteiger partial charge in [-0.3, -0.25) is 0 Å². The molecule has 4 heteroatoms. The lowest BCUT2D eigenvalue weighted by Gasteiger charge is -2.09. The first-order valence-corrected chi connectivity index (χ1v) is 6.75. The fourth-order valence-corrected chi connectivity index (χ4v) is 2.05. The molecule has 2 aromatic carbocycles. The first-order valence-electron chi connectivity index (χ1n) is 6.37. The van der Waals surface area contributed by atoms with Gasteiger partial charge in [-0.25, -0.2) is 4.39 Å². The molecule has 0 spiro atoms. The van der Waals surface area contributed by atoms with E-state index in [9.17, 15) is 4.39 Å². The molecule has 0 bridgehead atoms. The van der Waals surface area contributed by atoms with E-state index in [1.165, 1.54) is 6.07 Å². The van der Waals surface area contributed by atoms with Gasteiger partial charge in [-0.2, -0.15) is 0 Å². The number of ether oxygens (including phenoxy) is 1. The van der Waals surface area contributed by atoms with Crippen LogP contribution in [0.1, 0.15) is 16.7 Å². The molecule has 0 aliphatic heterocycles. The molecule has 0 unspecified atom stereocenters. The van der Waals surface area contributed by atoms with Gasteiger partial charge in [-0.15, -0.1) is 0 Å². The van der Waals surface area contributed by atoms with Crippen LogP contribution in [0.3, 0.4) is 0 Å². The highest BCUT2D eigenvalue weighted by atomic mass is 35.5. The Morgan fingerprint density at radius 2 is 2.05 bits per heavy atom. The maximum atomic E-state index is 13.9. The fraction of sp³-hybridized carbons (Fsp3) is 0.176. The first kappa shape index (κ1) is 15.4. The molecule has 0 heterocycles. The summed E-state index contributed by atoms with van der Waals surface area (Å²) in [5.74, 6) is 5.24. The lowest BCUT2D eigenvalue weighted by Crippen LogP contribution is -1.99. The van der Waals surface area contributed by atoms with Crippen molar-refractivity contribution < 1.29 is 14.2 Å². The third-order valence-electron chi connectivity index (χ3n) is 2.84. The summed E-state index contributed by atoms with van der Waals surface area (Å²) in [5, 5.41) is 9.11. The molecule has 21 heavy (non-hydrogen) atoms. The number of halogens is 2. The molecule has 0 saturated carbocycles. The minimum absolute atomic E-state index is 0.0856. The average Bonchev–Trinajstić information content (AvgIpc) is 2.45. The second-order valence-corrected chi connectivity index (χ2v) is 4.90. The van der Waals surface area contributed by atoms with Crippen LogP contribution in [0.4, 0.5) is 4.39 Å². The Bertz CT molecular complexity index is 702. The number of aliphatic hydroxyl groups is 1. The van der Waals surface area contributed by atoms with Gasteiger partial charge in [0.1, 0.15) is 24.8 Å². The third kappa shape index (κ3) is 4.22. The van der Waals surface area contributed by atoms with E-state index >= 15 is 0 Å². The van der Waals surface area contributed by atoms with Gasteiger partial charge in [-0.1, -0.05) is 35.6 Å². The quantitative estimate of drug-likeness (QED) is 0.876. The summed E-state index contributed by atoms with van der Waals surface area (Å²) < 4.78 is 19.4. The van der Waals surface area contributed by atoms with Crippen molar-refractivity contribution >= 4 is 11.6 Å². The highest BCUT2D eigenvalue weighted by Gasteiger charge is 2.06. The van der Waals surface area contributed by atoms with Gasteiger partial charge in [0.25, 0.3) is 0 Å². The third-order valence-corrected chi connectivity index (χ3v) is 3.13. The van der Waals surface area contributed by atoms with Gasteiger partial charge < -0.3 is 9.84 Å². The molecule has 1 N–H and O–H groups in total. The number of aryl methyl sites for hydroxylation is 1. The van der Waals surface area contributed by atoms with Crippen LogP contribution in [0.15, 0.2) is 36.4 Å². The summed E-state index contributed by atoms with van der Waals surface area (Å²) in [6.07, 6.45) is 0. The Hall–Kier alpha value is -2.02. The van der Waals surface area contributed by atoms with Gasteiger partial charge >= 0.3 is 0 Å². The molecule has 0 aliphatic carbocycles. The van der Waals surface area contributed by atoms with E-state index in [1.54, 1.807) is 24.3 Å². The van der Waals surface area contributed by atoms with Crippen LogP contribution >= 0.6 is 11.6 Å². The van der Waals surface area contributed by atoms with Crippen molar-refractivity contribution in [3.8, 4) is 17.6 Å². The van der Waals surface area contributed by atoms with Crippen LogP contribution in [0.25, 0.3) is 0 Å². The van der Waals surface area contributed by atoms with Crippen molar-refractivity contribution in [2.75, 3.05) is 6.61 Å². The molecule has 0 radical (unpaired) electrons. The Labute approximate surface area is 128 Å². The van der Waals surface area contributed by atoms with Gasteiger partial charge in [-0.05, 0) is 36.8 Å². The SMILES string of the molecule is Cc1ccc(OCc2ccc(C#CCO)cc2F)c(Cl)c1. The van der Waals surface area contributed by atoms with Gasteiger partial charge in [0.2, 0.25) is 0 Å². The van der Waals surface area contributed by atoms with E-state index in [1.807, 2.05) is 13.0 Å². The van der Waals surface area contributed by atoms with Crippen LogP contribution in [0, 0.1) is 24.6 Å². The van der Waals surface area contributed by atoms with Crippen LogP contribution in [0.2, 0.25) is 5.02 Å². The summed E-state index contributed by atoms with van der Waals surface area (Å²) in [6, 6.07) is 10.0. The number of hydrogen-bond donors (Lipinski definition) is 1. The Kier molecular flexibility index (Phi) is 5.21. The van der Waals surface area contributed by atoms with Crippen molar-refractivity contribution in [2.45, 2.75) is 13.5 Å². The first-order chi connectivity index (χ1) is 10.1. The maximum Gasteiger partial charge on any atom is 0.138 e. The molecule has 0 atom stereocenters. The molecule has 2 rings (SSSR count). The largest absolute Gasteiger partial charge is 0.487 e. The second kappa shape index (κ2) is 7.12. The second-order valence-electron chi connectivity index (χ2n) is 4.49. The summed E-state index contributed by atoms with van der Waals surface area (Å²) in [6.45, 7) is 1.77. The van der Waals surface area contributed by atoms with Crippen molar-refractivity contribution in [3.05, 3.63) is 63.9 Å². The highest BCUT2D eigenvalue weighted by Crippen LogP contribution is 2.26. The fourth-order valence-electron chi connectivity index (χ4n) is 1.76. The van der Waals surface area contributed by atoms with Crippen LogP contribution < -0.4 is 4.74 Å². The maximum absolute atomic E-state index is 13.9. The number of rotatable bonds is 3. The lowest BCUT2D eigenvalue weighted by atomic mass is 10.1. The van der Waals surface area contributed by atoms with Gasteiger partial charge in [0.05, 0.1) is 5.02 Å². The van der Waals surface area contributed by atoms with Gasteiger partial charge in [0, 0.05) is 11.1 Å². The predicted octanol–water partition coefficient (Wildman–Crippen LogP) is 3.71. The van der Waals surface area contributed by atoms with Crippen molar-refractivity contribution in [1.29, 1.82) is 0 Å². The predicted molar refractivity (Wildman–Crippen MR) is 80.9 cm³/mol. The van der Waals surface area contributed by atoms with E-state index in [-0.39, 0.29) is 13.2 Å². The molecular weight excluding hydrogens is 291 g/mol. The highest BCUT2D eigenvalue weighted by molar-refractivity contribution is 6.32. The molecule has 0 saturated heterocycles. The molecule has 0 amide bonds. The van der Waals surface area contributed by atoms with Crippen LogP contribution in [-0.2, 0) is 6.61 Å². The minimum atomic E-state index is -0.400. The van der Waals surface area contributed by atoms with Crippen LogP contribution in [-0.4, -0.2) is 11.7 Å². The van der Waals surface area contributed by atoms with E-state index < -0.39 is 5.82 Å². The molecule has 108 valence electrons. The average molecular weight is 305 g/mol. The minimum Gasteiger partial charge on any atom is -0.487 e. The Morgan fingerprint density at radius 3 is 2.71 bits per heavy atom. The summed E-state index contributed by atoms with van der Waals surface area (Å²) in [5.41, 5.74) is 1.96. The topological polar surface area (TPSA) is 29.5 Å². The van der Waals surface area contributed by atoms with E-state index in [4.69, 9.17) is 21.4 Å². The summed E-state index contributed by atoms with van der Waals surface area (Å²) in [7, 11) is 0. The monoisotopic (exact) mass is 304 g/mol. The molecular formula is C17H14ClFO2. The lowest BCUT2D eigenvalue weighted by molar-refractivity contribution is 0.300. The standard InChI is InChI=1S/C17H14ClFO2/c1-12-4-7-17(15(18)9-12)21-11-14-6-5-13(3-2-8-20)10-16(14)19/h4-7,9-10,20H,8,11H2,1H3. The van der Waals surface area contributed by atoms with Crippen LogP contribution in [0.5, 0.6) is 5.75 Å².